The summed E-state index contributed by atoms with van der Waals surface area (Å²) in [6.07, 6.45) is 5.07. The standard InChI is InChI=1S/C15H25BBrFO2/c1-14(2)15(3,4)20-16(19-14)13(18)12-7-5-6-11(10-12)8-9-17/h11H,5-10H2,1-4H3. The summed E-state index contributed by atoms with van der Waals surface area (Å²) in [5.41, 5.74) is -0.220. The summed E-state index contributed by atoms with van der Waals surface area (Å²) >= 11 is 3.48. The number of rotatable bonds is 3. The number of hydrogen-bond donors (Lipinski definition) is 0. The van der Waals surface area contributed by atoms with Crippen molar-refractivity contribution < 1.29 is 13.7 Å². The summed E-state index contributed by atoms with van der Waals surface area (Å²) in [7, 11) is -0.822. The molecule has 1 aliphatic heterocycles. The molecule has 5 heteroatoms. The third-order valence-electron chi connectivity index (χ3n) is 4.94. The van der Waals surface area contributed by atoms with Crippen molar-refractivity contribution in [2.75, 3.05) is 5.33 Å². The predicted octanol–water partition coefficient (Wildman–Crippen LogP) is 4.82. The van der Waals surface area contributed by atoms with Crippen molar-refractivity contribution in [2.24, 2.45) is 5.92 Å². The molecule has 0 bridgehead atoms. The molecule has 0 aromatic rings. The fraction of sp³-hybridized carbons (Fsp3) is 0.867. The van der Waals surface area contributed by atoms with E-state index in [0.29, 0.717) is 5.92 Å². The fourth-order valence-electron chi connectivity index (χ4n) is 2.89. The van der Waals surface area contributed by atoms with Gasteiger partial charge in [0.1, 0.15) is 5.73 Å². The van der Waals surface area contributed by atoms with Crippen LogP contribution in [0, 0.1) is 5.92 Å². The van der Waals surface area contributed by atoms with E-state index >= 15 is 0 Å². The fourth-order valence-corrected chi connectivity index (χ4v) is 3.54. The quantitative estimate of drug-likeness (QED) is 0.539. The van der Waals surface area contributed by atoms with E-state index in [4.69, 9.17) is 9.31 Å². The molecule has 2 aliphatic rings. The van der Waals surface area contributed by atoms with E-state index in [0.717, 1.165) is 36.6 Å². The number of allylic oxidation sites excluding steroid dienone is 1. The number of hydrogen-bond acceptors (Lipinski definition) is 2. The minimum absolute atomic E-state index is 0.178. The molecule has 20 heavy (non-hydrogen) atoms. The van der Waals surface area contributed by atoms with Gasteiger partial charge in [-0.3, -0.25) is 0 Å². The van der Waals surface area contributed by atoms with Crippen LogP contribution in [0.15, 0.2) is 11.3 Å². The molecule has 1 heterocycles. The van der Waals surface area contributed by atoms with Crippen LogP contribution in [-0.4, -0.2) is 23.7 Å². The Labute approximate surface area is 130 Å². The van der Waals surface area contributed by atoms with E-state index < -0.39 is 18.3 Å². The zero-order valence-corrected chi connectivity index (χ0v) is 14.6. The maximum atomic E-state index is 14.7. The summed E-state index contributed by atoms with van der Waals surface area (Å²) in [5.74, 6) is 0.589. The van der Waals surface area contributed by atoms with Crippen molar-refractivity contribution in [1.82, 2.24) is 0 Å². The monoisotopic (exact) mass is 346 g/mol. The van der Waals surface area contributed by atoms with Crippen LogP contribution in [0.5, 0.6) is 0 Å². The number of halogens is 2. The largest absolute Gasteiger partial charge is 0.525 e. The van der Waals surface area contributed by atoms with Gasteiger partial charge in [-0.15, -0.1) is 0 Å². The minimum atomic E-state index is -0.822. The van der Waals surface area contributed by atoms with Gasteiger partial charge in [-0.25, -0.2) is 4.39 Å². The Morgan fingerprint density at radius 2 is 1.90 bits per heavy atom. The van der Waals surface area contributed by atoms with Crippen molar-refractivity contribution in [1.29, 1.82) is 0 Å². The highest BCUT2D eigenvalue weighted by Crippen LogP contribution is 2.41. The average molecular weight is 347 g/mol. The molecule has 1 saturated heterocycles. The van der Waals surface area contributed by atoms with Gasteiger partial charge in [0.25, 0.3) is 0 Å². The molecule has 0 amide bonds. The van der Waals surface area contributed by atoms with Gasteiger partial charge < -0.3 is 9.31 Å². The van der Waals surface area contributed by atoms with Crippen LogP contribution >= 0.6 is 15.9 Å². The molecular weight excluding hydrogens is 322 g/mol. The second-order valence-electron chi connectivity index (χ2n) is 6.98. The molecule has 0 aromatic carbocycles. The van der Waals surface area contributed by atoms with Crippen LogP contribution in [0.2, 0.25) is 0 Å². The molecule has 1 atom stereocenters. The Balaban J connectivity index is 2.10. The molecule has 2 fully saturated rings. The van der Waals surface area contributed by atoms with Crippen LogP contribution in [0.1, 0.15) is 59.8 Å². The lowest BCUT2D eigenvalue weighted by Crippen LogP contribution is -2.41. The molecule has 1 saturated carbocycles. The van der Waals surface area contributed by atoms with Crippen molar-refractivity contribution >= 4 is 23.0 Å². The molecule has 0 aromatic heterocycles. The zero-order valence-electron chi connectivity index (χ0n) is 13.0. The molecule has 0 spiro atoms. The van der Waals surface area contributed by atoms with Gasteiger partial charge in [0.05, 0.1) is 11.2 Å². The molecule has 1 aliphatic carbocycles. The zero-order chi connectivity index (χ0) is 15.0. The van der Waals surface area contributed by atoms with Crippen LogP contribution in [-0.2, 0) is 9.31 Å². The first-order chi connectivity index (χ1) is 9.27. The average Bonchev–Trinajstić information content (AvgIpc) is 2.58. The summed E-state index contributed by atoms with van der Waals surface area (Å²) < 4.78 is 26.3. The minimum Gasteiger partial charge on any atom is -0.398 e. The predicted molar refractivity (Wildman–Crippen MR) is 84.6 cm³/mol. The van der Waals surface area contributed by atoms with Gasteiger partial charge in [-0.05, 0) is 71.3 Å². The first kappa shape index (κ1) is 16.5. The van der Waals surface area contributed by atoms with Gasteiger partial charge in [-0.2, -0.15) is 0 Å². The smallest absolute Gasteiger partial charge is 0.398 e. The summed E-state index contributed by atoms with van der Waals surface area (Å²) in [6, 6.07) is 0. The summed E-state index contributed by atoms with van der Waals surface area (Å²) in [6.45, 7) is 7.83. The normalized spacial score (nSPS) is 31.5. The highest BCUT2D eigenvalue weighted by Gasteiger charge is 2.53. The lowest BCUT2D eigenvalue weighted by molar-refractivity contribution is 0.00578. The van der Waals surface area contributed by atoms with Crippen LogP contribution in [0.4, 0.5) is 4.39 Å². The van der Waals surface area contributed by atoms with Crippen LogP contribution in [0.3, 0.4) is 0 Å². The maximum absolute atomic E-state index is 14.7. The van der Waals surface area contributed by atoms with E-state index in [-0.39, 0.29) is 5.73 Å². The molecule has 1 unspecified atom stereocenters. The summed E-state index contributed by atoms with van der Waals surface area (Å²) in [5, 5.41) is 0.989. The van der Waals surface area contributed by atoms with Gasteiger partial charge in [0, 0.05) is 5.33 Å². The van der Waals surface area contributed by atoms with E-state index in [1.807, 2.05) is 27.7 Å². The topological polar surface area (TPSA) is 18.5 Å². The lowest BCUT2D eigenvalue weighted by atomic mass is 9.76. The Hall–Kier alpha value is 0.135. The van der Waals surface area contributed by atoms with Gasteiger partial charge in [0.2, 0.25) is 0 Å². The Morgan fingerprint density at radius 1 is 1.30 bits per heavy atom. The van der Waals surface area contributed by atoms with E-state index in [9.17, 15) is 4.39 Å². The van der Waals surface area contributed by atoms with Crippen molar-refractivity contribution in [2.45, 2.75) is 71.0 Å². The SMILES string of the molecule is CC1(C)OB(C(F)=C2CCCC(CCBr)C2)OC1(C)C. The van der Waals surface area contributed by atoms with Crippen molar-refractivity contribution in [3.05, 3.63) is 11.3 Å². The third-order valence-corrected chi connectivity index (χ3v) is 5.40. The van der Waals surface area contributed by atoms with E-state index in [2.05, 4.69) is 15.9 Å². The Bertz CT molecular complexity index is 377. The first-order valence-corrected chi connectivity index (χ1v) is 8.68. The van der Waals surface area contributed by atoms with Crippen LogP contribution < -0.4 is 0 Å². The Kier molecular flexibility index (Phi) is 5.03. The summed E-state index contributed by atoms with van der Waals surface area (Å²) in [4.78, 5) is 0. The highest BCUT2D eigenvalue weighted by molar-refractivity contribution is 9.09. The van der Waals surface area contributed by atoms with Gasteiger partial charge in [-0.1, -0.05) is 15.9 Å². The molecule has 2 nitrogen and oxygen atoms in total. The second-order valence-corrected chi connectivity index (χ2v) is 7.77. The molecule has 114 valence electrons. The molecule has 0 N–H and O–H groups in total. The maximum Gasteiger partial charge on any atom is 0.525 e. The third kappa shape index (κ3) is 3.31. The Morgan fingerprint density at radius 3 is 2.45 bits per heavy atom. The second kappa shape index (κ2) is 6.09. The van der Waals surface area contributed by atoms with E-state index in [1.165, 1.54) is 6.42 Å². The van der Waals surface area contributed by atoms with Gasteiger partial charge >= 0.3 is 7.12 Å². The lowest BCUT2D eigenvalue weighted by Gasteiger charge is -2.32. The molecule has 0 radical (unpaired) electrons. The van der Waals surface area contributed by atoms with Gasteiger partial charge in [0.15, 0.2) is 0 Å². The first-order valence-electron chi connectivity index (χ1n) is 7.56. The van der Waals surface area contributed by atoms with Crippen molar-refractivity contribution in [3.63, 3.8) is 0 Å². The number of alkyl halides is 1. The van der Waals surface area contributed by atoms with Crippen LogP contribution in [0.25, 0.3) is 0 Å². The highest BCUT2D eigenvalue weighted by atomic mass is 79.9. The van der Waals surface area contributed by atoms with E-state index in [1.54, 1.807) is 0 Å². The molecule has 2 rings (SSSR count). The molecular formula is C15H25BBrFO2. The van der Waals surface area contributed by atoms with Crippen molar-refractivity contribution in [3.8, 4) is 0 Å².